The van der Waals surface area contributed by atoms with Gasteiger partial charge in [-0.25, -0.2) is 0 Å². The van der Waals surface area contributed by atoms with Gasteiger partial charge in [-0.1, -0.05) is 19.8 Å². The van der Waals surface area contributed by atoms with Crippen molar-refractivity contribution in [2.75, 3.05) is 20.1 Å². The molecule has 1 aliphatic carbocycles. The number of likely N-dealkylation sites (N-methyl/N-ethyl adjacent to an activating group) is 1. The van der Waals surface area contributed by atoms with Gasteiger partial charge < -0.3 is 10.2 Å². The summed E-state index contributed by atoms with van der Waals surface area (Å²) in [6.45, 7) is 4.92. The number of rotatable bonds is 3. The van der Waals surface area contributed by atoms with E-state index in [2.05, 4.69) is 24.2 Å². The lowest BCUT2D eigenvalue weighted by atomic mass is 10.0. The first-order valence-corrected chi connectivity index (χ1v) is 7.19. The molecule has 2 aliphatic rings. The van der Waals surface area contributed by atoms with Crippen LogP contribution >= 0.6 is 0 Å². The van der Waals surface area contributed by atoms with Crippen molar-refractivity contribution in [3.05, 3.63) is 0 Å². The van der Waals surface area contributed by atoms with E-state index in [9.17, 15) is 0 Å². The summed E-state index contributed by atoms with van der Waals surface area (Å²) in [5.41, 5.74) is 0. The second-order valence-corrected chi connectivity index (χ2v) is 6.00. The van der Waals surface area contributed by atoms with E-state index in [-0.39, 0.29) is 0 Å². The Bertz CT molecular complexity index is 199. The Morgan fingerprint density at radius 2 is 1.94 bits per heavy atom. The van der Waals surface area contributed by atoms with Gasteiger partial charge >= 0.3 is 0 Å². The van der Waals surface area contributed by atoms with Gasteiger partial charge in [0.1, 0.15) is 0 Å². The predicted molar refractivity (Wildman–Crippen MR) is 69.7 cm³/mol. The quantitative estimate of drug-likeness (QED) is 0.741. The fourth-order valence-corrected chi connectivity index (χ4v) is 3.32. The van der Waals surface area contributed by atoms with E-state index in [1.807, 2.05) is 0 Å². The molecule has 0 amide bonds. The smallest absolute Gasteiger partial charge is 0.0195 e. The predicted octanol–water partition coefficient (Wildman–Crippen LogP) is 2.64. The van der Waals surface area contributed by atoms with Crippen LogP contribution in [-0.2, 0) is 0 Å². The van der Waals surface area contributed by atoms with Gasteiger partial charge in [-0.15, -0.1) is 0 Å². The average molecular weight is 224 g/mol. The zero-order valence-electron chi connectivity index (χ0n) is 11.0. The molecule has 3 unspecified atom stereocenters. The molecule has 0 bridgehead atoms. The lowest BCUT2D eigenvalue weighted by Gasteiger charge is -2.29. The van der Waals surface area contributed by atoms with Gasteiger partial charge in [-0.05, 0) is 51.6 Å². The minimum absolute atomic E-state index is 0.769. The molecule has 0 aromatic rings. The van der Waals surface area contributed by atoms with Crippen LogP contribution in [0.3, 0.4) is 0 Å². The van der Waals surface area contributed by atoms with Crippen molar-refractivity contribution in [2.45, 2.75) is 64.0 Å². The normalized spacial score (nSPS) is 36.6. The summed E-state index contributed by atoms with van der Waals surface area (Å²) in [5, 5.41) is 3.61. The molecule has 94 valence electrons. The topological polar surface area (TPSA) is 15.3 Å². The summed E-state index contributed by atoms with van der Waals surface area (Å²) in [5.74, 6) is 0.961. The molecule has 2 heteroatoms. The van der Waals surface area contributed by atoms with Gasteiger partial charge in [0.15, 0.2) is 0 Å². The van der Waals surface area contributed by atoms with Crippen LogP contribution < -0.4 is 5.32 Å². The van der Waals surface area contributed by atoms with Crippen LogP contribution in [-0.4, -0.2) is 37.1 Å². The van der Waals surface area contributed by atoms with Crippen LogP contribution in [0.1, 0.15) is 51.9 Å². The lowest BCUT2D eigenvalue weighted by Crippen LogP contribution is -2.40. The molecule has 1 heterocycles. The first-order chi connectivity index (χ1) is 7.75. The molecular weight excluding hydrogens is 196 g/mol. The molecule has 0 spiro atoms. The van der Waals surface area contributed by atoms with Crippen molar-refractivity contribution in [2.24, 2.45) is 5.92 Å². The van der Waals surface area contributed by atoms with Gasteiger partial charge in [0.05, 0.1) is 0 Å². The van der Waals surface area contributed by atoms with Crippen LogP contribution in [0, 0.1) is 5.92 Å². The van der Waals surface area contributed by atoms with Crippen molar-refractivity contribution in [3.63, 3.8) is 0 Å². The maximum Gasteiger partial charge on any atom is 0.0195 e. The Labute approximate surface area is 101 Å². The first kappa shape index (κ1) is 12.4. The second-order valence-electron chi connectivity index (χ2n) is 6.00. The fraction of sp³-hybridized carbons (Fsp3) is 1.00. The van der Waals surface area contributed by atoms with Crippen LogP contribution in [0.15, 0.2) is 0 Å². The van der Waals surface area contributed by atoms with Gasteiger partial charge in [0.25, 0.3) is 0 Å². The van der Waals surface area contributed by atoms with E-state index >= 15 is 0 Å². The summed E-state index contributed by atoms with van der Waals surface area (Å²) in [7, 11) is 2.33. The van der Waals surface area contributed by atoms with Gasteiger partial charge in [-0.3, -0.25) is 0 Å². The van der Waals surface area contributed by atoms with E-state index < -0.39 is 0 Å². The first-order valence-electron chi connectivity index (χ1n) is 7.19. The zero-order valence-corrected chi connectivity index (χ0v) is 11.0. The third-order valence-electron chi connectivity index (χ3n) is 4.52. The van der Waals surface area contributed by atoms with E-state index in [4.69, 9.17) is 0 Å². The number of nitrogens with zero attached hydrogens (tertiary/aromatic N) is 1. The molecule has 0 radical (unpaired) electrons. The monoisotopic (exact) mass is 224 g/mol. The highest BCUT2D eigenvalue weighted by molar-refractivity contribution is 4.81. The molecule has 2 fully saturated rings. The number of hydrogen-bond acceptors (Lipinski definition) is 2. The molecule has 16 heavy (non-hydrogen) atoms. The minimum atomic E-state index is 0.769. The summed E-state index contributed by atoms with van der Waals surface area (Å²) in [6, 6.07) is 1.62. The molecule has 2 rings (SSSR count). The third kappa shape index (κ3) is 3.46. The second kappa shape index (κ2) is 6.02. The molecular formula is C14H28N2. The highest BCUT2D eigenvalue weighted by Gasteiger charge is 2.23. The van der Waals surface area contributed by atoms with E-state index in [1.54, 1.807) is 0 Å². The van der Waals surface area contributed by atoms with Crippen molar-refractivity contribution >= 4 is 0 Å². The number of hydrogen-bond donors (Lipinski definition) is 1. The average Bonchev–Trinajstić information content (AvgIpc) is 2.66. The van der Waals surface area contributed by atoms with Crippen LogP contribution in [0.25, 0.3) is 0 Å². The molecule has 0 aromatic heterocycles. The van der Waals surface area contributed by atoms with E-state index in [0.717, 1.165) is 18.0 Å². The van der Waals surface area contributed by atoms with Crippen LogP contribution in [0.5, 0.6) is 0 Å². The Kier molecular flexibility index (Phi) is 4.66. The highest BCUT2D eigenvalue weighted by Crippen LogP contribution is 2.25. The Balaban J connectivity index is 1.76. The summed E-state index contributed by atoms with van der Waals surface area (Å²) in [6.07, 6.45) is 9.93. The molecule has 0 aromatic carbocycles. The van der Waals surface area contributed by atoms with Crippen molar-refractivity contribution in [3.8, 4) is 0 Å². The molecule has 1 saturated heterocycles. The van der Waals surface area contributed by atoms with Crippen molar-refractivity contribution in [1.82, 2.24) is 10.2 Å². The Hall–Kier alpha value is -0.0800. The van der Waals surface area contributed by atoms with Gasteiger partial charge in [-0.2, -0.15) is 0 Å². The maximum absolute atomic E-state index is 3.61. The lowest BCUT2D eigenvalue weighted by molar-refractivity contribution is 0.202. The maximum atomic E-state index is 3.61. The third-order valence-corrected chi connectivity index (χ3v) is 4.52. The van der Waals surface area contributed by atoms with E-state index in [1.165, 1.54) is 58.0 Å². The standard InChI is InChI=1S/C14H28N2/c1-12-5-3-7-14(9-8-12)16(2)11-13-6-4-10-15-13/h12-15H,3-11H2,1-2H3. The minimum Gasteiger partial charge on any atom is -0.313 e. The highest BCUT2D eigenvalue weighted by atomic mass is 15.2. The molecule has 3 atom stereocenters. The SMILES string of the molecule is CC1CCCC(N(C)CC2CCCN2)CC1. The fourth-order valence-electron chi connectivity index (χ4n) is 3.32. The van der Waals surface area contributed by atoms with Gasteiger partial charge in [0, 0.05) is 18.6 Å². The largest absolute Gasteiger partial charge is 0.313 e. The Morgan fingerprint density at radius 1 is 1.06 bits per heavy atom. The molecule has 1 saturated carbocycles. The summed E-state index contributed by atoms with van der Waals surface area (Å²) < 4.78 is 0. The zero-order chi connectivity index (χ0) is 11.4. The molecule has 1 aliphatic heterocycles. The van der Waals surface area contributed by atoms with E-state index in [0.29, 0.717) is 0 Å². The van der Waals surface area contributed by atoms with Crippen molar-refractivity contribution < 1.29 is 0 Å². The summed E-state index contributed by atoms with van der Waals surface area (Å²) >= 11 is 0. The van der Waals surface area contributed by atoms with Crippen LogP contribution in [0.2, 0.25) is 0 Å². The van der Waals surface area contributed by atoms with Crippen molar-refractivity contribution in [1.29, 1.82) is 0 Å². The van der Waals surface area contributed by atoms with Gasteiger partial charge in [0.2, 0.25) is 0 Å². The summed E-state index contributed by atoms with van der Waals surface area (Å²) in [4.78, 5) is 2.63. The van der Waals surface area contributed by atoms with Crippen LogP contribution in [0.4, 0.5) is 0 Å². The number of nitrogens with one attached hydrogen (secondary N) is 1. The Morgan fingerprint density at radius 3 is 2.69 bits per heavy atom. The molecule has 2 nitrogen and oxygen atoms in total. The molecule has 1 N–H and O–H groups in total.